The molecule has 0 N–H and O–H groups in total. The maximum Gasteiger partial charge on any atom is 0.410 e. The van der Waals surface area contributed by atoms with Crippen molar-refractivity contribution in [1.29, 1.82) is 0 Å². The van der Waals surface area contributed by atoms with Gasteiger partial charge in [-0.05, 0) is 107 Å². The highest BCUT2D eigenvalue weighted by Gasteiger charge is 2.35. The Bertz CT molecular complexity index is 1610. The number of ether oxygens (including phenoxy) is 2. The van der Waals surface area contributed by atoms with Crippen LogP contribution >= 0.6 is 11.6 Å². The molecule has 12 heteroatoms. The minimum absolute atomic E-state index is 0.0978. The van der Waals surface area contributed by atoms with Gasteiger partial charge >= 0.3 is 6.09 Å². The lowest BCUT2D eigenvalue weighted by atomic mass is 9.78. The molecule has 0 bridgehead atoms. The van der Waals surface area contributed by atoms with Crippen molar-refractivity contribution in [3.63, 3.8) is 0 Å². The van der Waals surface area contributed by atoms with Gasteiger partial charge in [0.05, 0.1) is 7.11 Å². The van der Waals surface area contributed by atoms with Crippen LogP contribution in [0.25, 0.3) is 11.3 Å². The van der Waals surface area contributed by atoms with Crippen LogP contribution < -0.4 is 9.64 Å². The van der Waals surface area contributed by atoms with E-state index in [9.17, 15) is 9.59 Å². The second-order valence-electron chi connectivity index (χ2n) is 14.3. The lowest BCUT2D eigenvalue weighted by molar-refractivity contribution is -0.124. The zero-order valence-electron chi connectivity index (χ0n) is 28.6. The summed E-state index contributed by atoms with van der Waals surface area (Å²) in [4.78, 5) is 47.0. The second-order valence-corrected chi connectivity index (χ2v) is 14.7. The summed E-state index contributed by atoms with van der Waals surface area (Å²) in [6.45, 7) is 3.69. The summed E-state index contributed by atoms with van der Waals surface area (Å²) >= 11 is 6.40. The Morgan fingerprint density at radius 3 is 2.39 bits per heavy atom. The predicted molar refractivity (Wildman–Crippen MR) is 186 cm³/mol. The van der Waals surface area contributed by atoms with Crippen LogP contribution in [0.5, 0.6) is 5.88 Å². The minimum atomic E-state index is -0.230. The van der Waals surface area contributed by atoms with E-state index in [-0.39, 0.29) is 24.0 Å². The number of pyridine rings is 2. The summed E-state index contributed by atoms with van der Waals surface area (Å²) < 4.78 is 16.9. The van der Waals surface area contributed by atoms with Crippen molar-refractivity contribution in [2.45, 2.75) is 82.1 Å². The van der Waals surface area contributed by atoms with E-state index in [1.165, 1.54) is 0 Å². The number of methoxy groups -OCH3 is 1. The molecule has 4 heterocycles. The zero-order valence-corrected chi connectivity index (χ0v) is 29.3. The van der Waals surface area contributed by atoms with Crippen molar-refractivity contribution in [2.75, 3.05) is 51.8 Å². The first kappa shape index (κ1) is 33.8. The third kappa shape index (κ3) is 8.04. The van der Waals surface area contributed by atoms with Gasteiger partial charge in [0, 0.05) is 62.5 Å². The molecule has 0 atom stereocenters. The quantitative estimate of drug-likeness (QED) is 0.236. The number of hydrogen-bond donors (Lipinski definition) is 0. The number of likely N-dealkylation sites (N-methyl/N-ethyl adjacent to an activating group) is 1. The van der Waals surface area contributed by atoms with E-state index in [0.717, 1.165) is 74.3 Å². The highest BCUT2D eigenvalue weighted by molar-refractivity contribution is 6.31. The summed E-state index contributed by atoms with van der Waals surface area (Å²) in [5, 5.41) is 0.532. The number of anilines is 1. The Morgan fingerprint density at radius 1 is 0.959 bits per heavy atom. The summed E-state index contributed by atoms with van der Waals surface area (Å²) in [5.74, 6) is 2.95. The number of piperazine rings is 1. The molecule has 0 radical (unpaired) electrons. The topological polar surface area (TPSA) is 114 Å². The number of oxazole rings is 1. The second kappa shape index (κ2) is 15.0. The third-order valence-corrected chi connectivity index (χ3v) is 11.1. The molecular weight excluding hydrogens is 644 g/mol. The number of aromatic nitrogens is 3. The number of hydrogen-bond acceptors (Lipinski definition) is 9. The van der Waals surface area contributed by atoms with Crippen LogP contribution in [-0.2, 0) is 9.53 Å². The number of rotatable bonds is 9. The lowest BCUT2D eigenvalue weighted by Crippen LogP contribution is -2.48. The van der Waals surface area contributed by atoms with Crippen molar-refractivity contribution in [3.05, 3.63) is 53.3 Å². The monoisotopic (exact) mass is 690 g/mol. The number of carbonyl (C=O) groups excluding carboxylic acids is 2. The largest absolute Gasteiger partial charge is 0.480 e. The first-order valence-corrected chi connectivity index (χ1v) is 18.3. The van der Waals surface area contributed by atoms with E-state index in [4.69, 9.17) is 35.5 Å². The van der Waals surface area contributed by atoms with Crippen molar-refractivity contribution in [3.8, 4) is 17.1 Å². The van der Waals surface area contributed by atoms with Gasteiger partial charge in [-0.25, -0.2) is 19.7 Å². The summed E-state index contributed by atoms with van der Waals surface area (Å²) in [6.07, 6.45) is 13.9. The molecule has 7 rings (SSSR count). The fourth-order valence-corrected chi connectivity index (χ4v) is 7.82. The maximum absolute atomic E-state index is 14.4. The van der Waals surface area contributed by atoms with Gasteiger partial charge < -0.3 is 23.7 Å². The molecule has 0 spiro atoms. The van der Waals surface area contributed by atoms with Gasteiger partial charge in [-0.2, -0.15) is 0 Å². The van der Waals surface area contributed by atoms with E-state index in [0.29, 0.717) is 79.8 Å². The SMILES string of the molecule is COc1ncc(C2CCC(CN(C(=O)C3CCC(OC(=O)N4CCN(C)CC4)CC3)c3cc(-c4coc(C5CC5)n4)ccn3)CC2)cc1Cl. The molecule has 0 aromatic carbocycles. The Morgan fingerprint density at radius 2 is 1.69 bits per heavy atom. The smallest absolute Gasteiger partial charge is 0.410 e. The van der Waals surface area contributed by atoms with Crippen LogP contribution in [0.1, 0.15) is 87.5 Å². The molecule has 49 heavy (non-hydrogen) atoms. The molecule has 1 saturated heterocycles. The zero-order chi connectivity index (χ0) is 33.9. The van der Waals surface area contributed by atoms with Crippen molar-refractivity contribution < 1.29 is 23.5 Å². The van der Waals surface area contributed by atoms with E-state index < -0.39 is 0 Å². The summed E-state index contributed by atoms with van der Waals surface area (Å²) in [5.41, 5.74) is 2.80. The van der Waals surface area contributed by atoms with E-state index in [1.807, 2.05) is 29.3 Å². The average molecular weight is 691 g/mol. The standard InChI is InChI=1S/C37H47ClN6O5/c1-42-15-17-43(18-16-42)37(46)49-30-11-9-27(10-12-30)36(45)44(33-20-28(13-14-39-33)32-23-48-34(41-32)26-7-8-26)22-24-3-5-25(6-4-24)29-19-31(38)35(47-2)40-21-29/h13-14,19-21,23-27,30H,3-12,15-18,22H2,1-2H3. The van der Waals surface area contributed by atoms with E-state index in [2.05, 4.69) is 16.9 Å². The number of carbonyl (C=O) groups is 2. The van der Waals surface area contributed by atoms with Crippen LogP contribution in [0, 0.1) is 11.8 Å². The minimum Gasteiger partial charge on any atom is -0.480 e. The third-order valence-electron chi connectivity index (χ3n) is 10.9. The van der Waals surface area contributed by atoms with Crippen LogP contribution in [-0.4, -0.2) is 89.7 Å². The first-order chi connectivity index (χ1) is 23.8. The van der Waals surface area contributed by atoms with Crippen molar-refractivity contribution in [2.24, 2.45) is 11.8 Å². The van der Waals surface area contributed by atoms with Crippen LogP contribution in [0.2, 0.25) is 5.02 Å². The Labute approximate surface area is 293 Å². The molecule has 3 aromatic rings. The molecular formula is C37H47ClN6O5. The Balaban J connectivity index is 1.03. The van der Waals surface area contributed by atoms with Gasteiger partial charge in [-0.3, -0.25) is 9.69 Å². The van der Waals surface area contributed by atoms with Gasteiger partial charge in [0.1, 0.15) is 28.9 Å². The van der Waals surface area contributed by atoms with Gasteiger partial charge in [0.15, 0.2) is 5.89 Å². The Kier molecular flexibility index (Phi) is 10.4. The molecule has 2 amide bonds. The van der Waals surface area contributed by atoms with Crippen LogP contribution in [0.3, 0.4) is 0 Å². The summed E-state index contributed by atoms with van der Waals surface area (Å²) in [6, 6.07) is 5.88. The van der Waals surface area contributed by atoms with Crippen molar-refractivity contribution in [1.82, 2.24) is 24.8 Å². The van der Waals surface area contributed by atoms with Crippen LogP contribution in [0.15, 0.2) is 41.3 Å². The highest BCUT2D eigenvalue weighted by Crippen LogP contribution is 2.41. The molecule has 262 valence electrons. The molecule has 11 nitrogen and oxygen atoms in total. The number of halogens is 1. The number of amides is 2. The van der Waals surface area contributed by atoms with E-state index in [1.54, 1.807) is 24.5 Å². The predicted octanol–water partition coefficient (Wildman–Crippen LogP) is 6.92. The van der Waals surface area contributed by atoms with Gasteiger partial charge in [-0.1, -0.05) is 11.6 Å². The fraction of sp³-hybridized carbons (Fsp3) is 0.595. The van der Waals surface area contributed by atoms with Gasteiger partial charge in [-0.15, -0.1) is 0 Å². The summed E-state index contributed by atoms with van der Waals surface area (Å²) in [7, 11) is 3.64. The molecule has 1 aliphatic heterocycles. The maximum atomic E-state index is 14.4. The molecule has 3 aliphatic carbocycles. The molecule has 3 saturated carbocycles. The lowest BCUT2D eigenvalue weighted by Gasteiger charge is -2.36. The fourth-order valence-electron chi connectivity index (χ4n) is 7.56. The molecule has 4 aliphatic rings. The average Bonchev–Trinajstić information content (AvgIpc) is 3.86. The van der Waals surface area contributed by atoms with Gasteiger partial charge in [0.25, 0.3) is 0 Å². The van der Waals surface area contributed by atoms with Crippen molar-refractivity contribution >= 4 is 29.4 Å². The molecule has 3 aromatic heterocycles. The molecule has 0 unspecified atom stereocenters. The Hall–Kier alpha value is -3.70. The molecule has 4 fully saturated rings. The van der Waals surface area contributed by atoms with E-state index >= 15 is 0 Å². The normalized spacial score (nSPS) is 24.8. The highest BCUT2D eigenvalue weighted by atomic mass is 35.5. The van der Waals surface area contributed by atoms with Crippen LogP contribution in [0.4, 0.5) is 10.6 Å². The van der Waals surface area contributed by atoms with Gasteiger partial charge in [0.2, 0.25) is 11.8 Å². The number of nitrogens with zero attached hydrogens (tertiary/aromatic N) is 6. The first-order valence-electron chi connectivity index (χ1n) is 17.9.